The molecular formula is C12H15N3O2. The van der Waals surface area contributed by atoms with Gasteiger partial charge in [0.2, 0.25) is 0 Å². The number of fused-ring (bicyclic) bond motifs is 1. The summed E-state index contributed by atoms with van der Waals surface area (Å²) in [4.78, 5) is 27.2. The minimum absolute atomic E-state index is 0.230. The lowest BCUT2D eigenvalue weighted by molar-refractivity contribution is 0.0645. The van der Waals surface area contributed by atoms with Crippen LogP contribution in [0.25, 0.3) is 0 Å². The van der Waals surface area contributed by atoms with E-state index in [9.17, 15) is 9.59 Å². The van der Waals surface area contributed by atoms with Gasteiger partial charge in [0.15, 0.2) is 0 Å². The molecule has 2 rings (SSSR count). The highest BCUT2D eigenvalue weighted by Gasteiger charge is 2.35. The van der Waals surface area contributed by atoms with Crippen molar-refractivity contribution in [2.75, 3.05) is 32.9 Å². The van der Waals surface area contributed by atoms with Crippen LogP contribution in [-0.4, -0.2) is 48.8 Å². The Morgan fingerprint density at radius 1 is 1.18 bits per heavy atom. The maximum Gasteiger partial charge on any atom is 0.261 e. The quantitative estimate of drug-likeness (QED) is 0.607. The maximum absolute atomic E-state index is 12.0. The molecular weight excluding hydrogens is 218 g/mol. The Balaban J connectivity index is 2.26. The van der Waals surface area contributed by atoms with Crippen LogP contribution in [0.3, 0.4) is 0 Å². The summed E-state index contributed by atoms with van der Waals surface area (Å²) in [5.41, 5.74) is 6.97. The lowest BCUT2D eigenvalue weighted by Crippen LogP contribution is -2.35. The van der Waals surface area contributed by atoms with E-state index in [1.807, 2.05) is 19.0 Å². The zero-order chi connectivity index (χ0) is 12.6. The molecule has 0 unspecified atom stereocenters. The Morgan fingerprint density at radius 2 is 1.82 bits per heavy atom. The summed E-state index contributed by atoms with van der Waals surface area (Å²) in [6, 6.07) is 4.81. The van der Waals surface area contributed by atoms with Crippen LogP contribution in [-0.2, 0) is 0 Å². The van der Waals surface area contributed by atoms with Crippen LogP contribution in [0.15, 0.2) is 18.2 Å². The molecule has 90 valence electrons. The highest BCUT2D eigenvalue weighted by atomic mass is 16.2. The third kappa shape index (κ3) is 2.01. The number of nitrogens with zero attached hydrogens (tertiary/aromatic N) is 2. The van der Waals surface area contributed by atoms with Gasteiger partial charge in [0.1, 0.15) is 0 Å². The van der Waals surface area contributed by atoms with E-state index in [2.05, 4.69) is 0 Å². The van der Waals surface area contributed by atoms with E-state index in [0.29, 0.717) is 29.9 Å². The number of hydrogen-bond acceptors (Lipinski definition) is 4. The molecule has 2 N–H and O–H groups in total. The van der Waals surface area contributed by atoms with E-state index in [1.165, 1.54) is 4.90 Å². The zero-order valence-corrected chi connectivity index (χ0v) is 9.93. The Bertz CT molecular complexity index is 483. The van der Waals surface area contributed by atoms with Crippen LogP contribution in [0.1, 0.15) is 20.7 Å². The molecule has 1 aliphatic rings. The SMILES string of the molecule is CN(C)CCN1C(=O)c2ccc(N)cc2C1=O. The highest BCUT2D eigenvalue weighted by Crippen LogP contribution is 2.24. The van der Waals surface area contributed by atoms with Gasteiger partial charge in [-0.05, 0) is 32.3 Å². The predicted molar refractivity (Wildman–Crippen MR) is 64.8 cm³/mol. The van der Waals surface area contributed by atoms with Crippen molar-refractivity contribution >= 4 is 17.5 Å². The van der Waals surface area contributed by atoms with Crippen molar-refractivity contribution in [1.82, 2.24) is 9.80 Å². The first kappa shape index (κ1) is 11.6. The molecule has 5 nitrogen and oxygen atoms in total. The molecule has 1 aromatic carbocycles. The van der Waals surface area contributed by atoms with E-state index in [1.54, 1.807) is 18.2 Å². The summed E-state index contributed by atoms with van der Waals surface area (Å²) >= 11 is 0. The second-order valence-electron chi connectivity index (χ2n) is 4.37. The molecule has 0 spiro atoms. The van der Waals surface area contributed by atoms with E-state index >= 15 is 0 Å². The third-order valence-corrected chi connectivity index (χ3v) is 2.77. The fourth-order valence-electron chi connectivity index (χ4n) is 1.81. The molecule has 0 aliphatic carbocycles. The maximum atomic E-state index is 12.0. The van der Waals surface area contributed by atoms with Crippen LogP contribution in [0.2, 0.25) is 0 Å². The van der Waals surface area contributed by atoms with E-state index < -0.39 is 0 Å². The molecule has 0 bridgehead atoms. The van der Waals surface area contributed by atoms with Gasteiger partial charge in [-0.2, -0.15) is 0 Å². The number of amides is 2. The fraction of sp³-hybridized carbons (Fsp3) is 0.333. The average molecular weight is 233 g/mol. The van der Waals surface area contributed by atoms with Crippen molar-refractivity contribution in [3.8, 4) is 0 Å². The zero-order valence-electron chi connectivity index (χ0n) is 9.93. The second-order valence-corrected chi connectivity index (χ2v) is 4.37. The molecule has 0 fully saturated rings. The minimum atomic E-state index is -0.251. The summed E-state index contributed by atoms with van der Waals surface area (Å²) in [5.74, 6) is -0.481. The summed E-state index contributed by atoms with van der Waals surface area (Å²) in [5, 5.41) is 0. The number of likely N-dealkylation sites (N-methyl/N-ethyl adjacent to an activating group) is 1. The standard InChI is InChI=1S/C12H15N3O2/c1-14(2)5-6-15-11(16)9-4-3-8(13)7-10(9)12(15)17/h3-4,7H,5-6,13H2,1-2H3. The summed E-state index contributed by atoms with van der Waals surface area (Å²) < 4.78 is 0. The first-order valence-electron chi connectivity index (χ1n) is 5.41. The molecule has 0 atom stereocenters. The third-order valence-electron chi connectivity index (χ3n) is 2.77. The van der Waals surface area contributed by atoms with Gasteiger partial charge >= 0.3 is 0 Å². The van der Waals surface area contributed by atoms with Crippen LogP contribution in [0, 0.1) is 0 Å². The van der Waals surface area contributed by atoms with Crippen LogP contribution >= 0.6 is 0 Å². The Labute approximate surface area is 99.8 Å². The Hall–Kier alpha value is -1.88. The predicted octanol–water partition coefficient (Wildman–Crippen LogP) is 0.426. The van der Waals surface area contributed by atoms with Crippen molar-refractivity contribution in [2.24, 2.45) is 0 Å². The lowest BCUT2D eigenvalue weighted by atomic mass is 10.1. The van der Waals surface area contributed by atoms with Gasteiger partial charge in [-0.3, -0.25) is 14.5 Å². The number of hydrogen-bond donors (Lipinski definition) is 1. The number of benzene rings is 1. The van der Waals surface area contributed by atoms with Gasteiger partial charge in [-0.15, -0.1) is 0 Å². The van der Waals surface area contributed by atoms with Crippen LogP contribution in [0.5, 0.6) is 0 Å². The highest BCUT2D eigenvalue weighted by molar-refractivity contribution is 6.21. The van der Waals surface area contributed by atoms with Crippen molar-refractivity contribution in [1.29, 1.82) is 0 Å². The smallest absolute Gasteiger partial charge is 0.261 e. The average Bonchev–Trinajstić information content (AvgIpc) is 2.49. The van der Waals surface area contributed by atoms with Crippen molar-refractivity contribution in [2.45, 2.75) is 0 Å². The van der Waals surface area contributed by atoms with Crippen LogP contribution < -0.4 is 5.73 Å². The molecule has 17 heavy (non-hydrogen) atoms. The molecule has 2 amide bonds. The normalized spacial score (nSPS) is 14.6. The number of nitrogen functional groups attached to an aromatic ring is 1. The molecule has 1 heterocycles. The lowest BCUT2D eigenvalue weighted by Gasteiger charge is -2.16. The van der Waals surface area contributed by atoms with E-state index in [4.69, 9.17) is 5.73 Å². The molecule has 0 saturated heterocycles. The van der Waals surface area contributed by atoms with Gasteiger partial charge in [-0.25, -0.2) is 0 Å². The summed E-state index contributed by atoms with van der Waals surface area (Å²) in [6.07, 6.45) is 0. The molecule has 1 aliphatic heterocycles. The Morgan fingerprint density at radius 3 is 2.47 bits per heavy atom. The van der Waals surface area contributed by atoms with Crippen molar-refractivity contribution in [3.63, 3.8) is 0 Å². The van der Waals surface area contributed by atoms with Gasteiger partial charge < -0.3 is 10.6 Å². The Kier molecular flexibility index (Phi) is 2.85. The van der Waals surface area contributed by atoms with Gasteiger partial charge in [0, 0.05) is 18.8 Å². The first-order chi connectivity index (χ1) is 8.00. The van der Waals surface area contributed by atoms with Gasteiger partial charge in [0.25, 0.3) is 11.8 Å². The molecule has 0 radical (unpaired) electrons. The molecule has 0 saturated carbocycles. The largest absolute Gasteiger partial charge is 0.399 e. The first-order valence-corrected chi connectivity index (χ1v) is 5.41. The number of carbonyl (C=O) groups excluding carboxylic acids is 2. The minimum Gasteiger partial charge on any atom is -0.399 e. The number of rotatable bonds is 3. The van der Waals surface area contributed by atoms with Crippen molar-refractivity contribution in [3.05, 3.63) is 29.3 Å². The topological polar surface area (TPSA) is 66.6 Å². The van der Waals surface area contributed by atoms with Crippen molar-refractivity contribution < 1.29 is 9.59 Å². The van der Waals surface area contributed by atoms with Gasteiger partial charge in [-0.1, -0.05) is 0 Å². The van der Waals surface area contributed by atoms with E-state index in [0.717, 1.165) is 0 Å². The number of anilines is 1. The van der Waals surface area contributed by atoms with E-state index in [-0.39, 0.29) is 11.8 Å². The number of imide groups is 1. The van der Waals surface area contributed by atoms with Crippen LogP contribution in [0.4, 0.5) is 5.69 Å². The monoisotopic (exact) mass is 233 g/mol. The number of carbonyl (C=O) groups is 2. The molecule has 0 aromatic heterocycles. The fourth-order valence-corrected chi connectivity index (χ4v) is 1.81. The summed E-state index contributed by atoms with van der Waals surface area (Å²) in [6.45, 7) is 1.06. The number of nitrogens with two attached hydrogens (primary N) is 1. The molecule has 5 heteroatoms. The second kappa shape index (κ2) is 4.18. The molecule has 1 aromatic rings. The summed E-state index contributed by atoms with van der Waals surface area (Å²) in [7, 11) is 3.80. The van der Waals surface area contributed by atoms with Gasteiger partial charge in [0.05, 0.1) is 11.1 Å².